The van der Waals surface area contributed by atoms with E-state index in [9.17, 15) is 8.42 Å². The molecular weight excluding hydrogens is 300 g/mol. The van der Waals surface area contributed by atoms with Gasteiger partial charge >= 0.3 is 0 Å². The Hall–Kier alpha value is -1.73. The Bertz CT molecular complexity index is 735. The number of fused-ring (bicyclic) bond motifs is 1. The predicted octanol–water partition coefficient (Wildman–Crippen LogP) is 2.12. The number of rotatable bonds is 4. The molecule has 2 bridgehead atoms. The van der Waals surface area contributed by atoms with Crippen molar-refractivity contribution in [1.82, 2.24) is 4.98 Å². The Morgan fingerprint density at radius 3 is 2.77 bits per heavy atom. The second kappa shape index (κ2) is 5.17. The molecule has 0 spiro atoms. The maximum Gasteiger partial charge on any atom is 0.239 e. The molecule has 2 unspecified atom stereocenters. The van der Waals surface area contributed by atoms with Crippen LogP contribution >= 0.6 is 0 Å². The molecule has 118 valence electrons. The fraction of sp³-hybridized carbons (Fsp3) is 0.467. The normalized spacial score (nSPS) is 26.4. The van der Waals surface area contributed by atoms with Gasteiger partial charge in [-0.3, -0.25) is 5.43 Å². The topological polar surface area (TPSA) is 97.4 Å². The highest BCUT2D eigenvalue weighted by atomic mass is 32.2. The van der Waals surface area contributed by atoms with Gasteiger partial charge in [0.25, 0.3) is 0 Å². The summed E-state index contributed by atoms with van der Waals surface area (Å²) in [6.45, 7) is 4.63. The molecule has 2 atom stereocenters. The van der Waals surface area contributed by atoms with Gasteiger partial charge in [-0.15, -0.1) is 0 Å². The number of aromatic nitrogens is 1. The highest BCUT2D eigenvalue weighted by Gasteiger charge is 2.50. The zero-order chi connectivity index (χ0) is 16.0. The smallest absolute Gasteiger partial charge is 0.239 e. The molecule has 3 aliphatic rings. The second-order valence-electron chi connectivity index (χ2n) is 6.54. The molecule has 4 rings (SSSR count). The van der Waals surface area contributed by atoms with Gasteiger partial charge in [-0.2, -0.15) is 5.10 Å². The second-order valence-corrected chi connectivity index (χ2v) is 8.10. The maximum atomic E-state index is 11.1. The zero-order valence-electron chi connectivity index (χ0n) is 12.7. The van der Waals surface area contributed by atoms with E-state index in [4.69, 9.17) is 5.14 Å². The molecule has 0 saturated heterocycles. The maximum absolute atomic E-state index is 11.1. The van der Waals surface area contributed by atoms with Gasteiger partial charge in [0.05, 0.1) is 6.21 Å². The third-order valence-electron chi connectivity index (χ3n) is 4.97. The van der Waals surface area contributed by atoms with Crippen molar-refractivity contribution in [2.45, 2.75) is 31.6 Å². The first-order valence-corrected chi connectivity index (χ1v) is 8.81. The van der Waals surface area contributed by atoms with E-state index in [1.54, 1.807) is 0 Å². The summed E-state index contributed by atoms with van der Waals surface area (Å²) in [5.41, 5.74) is 4.45. The largest absolute Gasteiger partial charge is 0.261 e. The van der Waals surface area contributed by atoms with Crippen LogP contribution in [0.15, 0.2) is 40.0 Å². The molecule has 1 aromatic rings. The minimum atomic E-state index is -3.71. The van der Waals surface area contributed by atoms with Crippen molar-refractivity contribution in [3.63, 3.8) is 0 Å². The van der Waals surface area contributed by atoms with E-state index in [2.05, 4.69) is 35.4 Å². The monoisotopic (exact) mass is 320 g/mol. The van der Waals surface area contributed by atoms with Gasteiger partial charge in [0.2, 0.25) is 10.0 Å². The van der Waals surface area contributed by atoms with E-state index in [0.717, 1.165) is 12.3 Å². The number of nitrogens with one attached hydrogen (secondary N) is 1. The molecule has 0 aliphatic heterocycles. The fourth-order valence-electron chi connectivity index (χ4n) is 3.33. The van der Waals surface area contributed by atoms with Crippen molar-refractivity contribution >= 4 is 22.1 Å². The summed E-state index contributed by atoms with van der Waals surface area (Å²) in [5.74, 6) is 1.86. The van der Waals surface area contributed by atoms with Crippen LogP contribution in [0, 0.1) is 17.3 Å². The third kappa shape index (κ3) is 2.66. The van der Waals surface area contributed by atoms with E-state index < -0.39 is 10.0 Å². The van der Waals surface area contributed by atoms with Gasteiger partial charge in [0.1, 0.15) is 10.7 Å². The molecule has 1 heterocycles. The average molecular weight is 320 g/mol. The highest BCUT2D eigenvalue weighted by Crippen LogP contribution is 2.58. The molecule has 3 N–H and O–H groups in total. The average Bonchev–Trinajstić information content (AvgIpc) is 2.47. The van der Waals surface area contributed by atoms with Gasteiger partial charge in [-0.25, -0.2) is 18.5 Å². The number of hydrazone groups is 1. The summed E-state index contributed by atoms with van der Waals surface area (Å²) in [6.07, 6.45) is 7.68. The summed E-state index contributed by atoms with van der Waals surface area (Å²) in [7, 11) is -3.71. The van der Waals surface area contributed by atoms with Gasteiger partial charge in [0.15, 0.2) is 0 Å². The Balaban J connectivity index is 1.65. The Morgan fingerprint density at radius 1 is 1.45 bits per heavy atom. The molecule has 6 nitrogen and oxygen atoms in total. The van der Waals surface area contributed by atoms with E-state index in [0.29, 0.717) is 17.2 Å². The molecule has 1 saturated carbocycles. The molecule has 0 aromatic carbocycles. The van der Waals surface area contributed by atoms with Crippen molar-refractivity contribution in [2.75, 3.05) is 5.43 Å². The first kappa shape index (κ1) is 15.2. The first-order chi connectivity index (χ1) is 10.3. The van der Waals surface area contributed by atoms with Crippen molar-refractivity contribution in [3.05, 3.63) is 30.0 Å². The van der Waals surface area contributed by atoms with Crippen LogP contribution < -0.4 is 10.6 Å². The standard InChI is InChI=1S/C15H20N4O2S/c1-15(2)11-4-3-10(13(15)7-11)8-18-19-14-6-5-12(9-17-14)22(16,20)21/h3,5-6,8-9,11,13H,4,7H2,1-2H3,(H,17,19)(H2,16,20,21). The van der Waals surface area contributed by atoms with E-state index in [1.165, 1.54) is 30.3 Å². The quantitative estimate of drug-likeness (QED) is 0.656. The van der Waals surface area contributed by atoms with Gasteiger partial charge < -0.3 is 0 Å². The number of pyridine rings is 1. The Kier molecular flexibility index (Phi) is 3.57. The Labute approximate surface area is 130 Å². The molecule has 7 heteroatoms. The fourth-order valence-corrected chi connectivity index (χ4v) is 3.79. The van der Waals surface area contributed by atoms with E-state index in [1.807, 2.05) is 6.21 Å². The molecule has 0 amide bonds. The predicted molar refractivity (Wildman–Crippen MR) is 85.8 cm³/mol. The summed E-state index contributed by atoms with van der Waals surface area (Å²) in [6, 6.07) is 2.94. The number of sulfonamides is 1. The van der Waals surface area contributed by atoms with Crippen LogP contribution in [0.1, 0.15) is 26.7 Å². The molecule has 0 radical (unpaired) electrons. The highest BCUT2D eigenvalue weighted by molar-refractivity contribution is 7.89. The third-order valence-corrected chi connectivity index (χ3v) is 5.87. The van der Waals surface area contributed by atoms with Gasteiger partial charge in [-0.05, 0) is 47.8 Å². The van der Waals surface area contributed by atoms with Gasteiger partial charge in [-0.1, -0.05) is 19.9 Å². The summed E-state index contributed by atoms with van der Waals surface area (Å²) < 4.78 is 22.3. The SMILES string of the molecule is CC1(C)C2CC=C(C=NNc3ccc(S(N)(=O)=O)cn3)C1C2. The van der Waals surface area contributed by atoms with E-state index >= 15 is 0 Å². The lowest BCUT2D eigenvalue weighted by molar-refractivity contribution is -0.00124. The summed E-state index contributed by atoms with van der Waals surface area (Å²) in [4.78, 5) is 3.97. The lowest BCUT2D eigenvalue weighted by Gasteiger charge is -2.55. The molecule has 1 aromatic heterocycles. The lowest BCUT2D eigenvalue weighted by Crippen LogP contribution is -2.48. The van der Waals surface area contributed by atoms with Gasteiger partial charge in [0, 0.05) is 6.20 Å². The number of nitrogens with zero attached hydrogens (tertiary/aromatic N) is 2. The molecule has 1 fully saturated rings. The van der Waals surface area contributed by atoms with Crippen LogP contribution in [-0.4, -0.2) is 19.6 Å². The molecule has 3 aliphatic carbocycles. The van der Waals surface area contributed by atoms with Crippen molar-refractivity contribution in [1.29, 1.82) is 0 Å². The van der Waals surface area contributed by atoms with Crippen molar-refractivity contribution in [3.8, 4) is 0 Å². The number of hydrogen-bond donors (Lipinski definition) is 2. The van der Waals surface area contributed by atoms with Crippen LogP contribution in [0.3, 0.4) is 0 Å². The minimum absolute atomic E-state index is 0.0146. The van der Waals surface area contributed by atoms with Crippen LogP contribution in [0.25, 0.3) is 0 Å². The van der Waals surface area contributed by atoms with E-state index in [-0.39, 0.29) is 4.90 Å². The number of allylic oxidation sites excluding steroid dienone is 2. The van der Waals surface area contributed by atoms with Crippen LogP contribution in [0.2, 0.25) is 0 Å². The van der Waals surface area contributed by atoms with Crippen molar-refractivity contribution < 1.29 is 8.42 Å². The summed E-state index contributed by atoms with van der Waals surface area (Å²) >= 11 is 0. The lowest BCUT2D eigenvalue weighted by atomic mass is 9.49. The van der Waals surface area contributed by atoms with Crippen LogP contribution in [0.4, 0.5) is 5.82 Å². The van der Waals surface area contributed by atoms with Crippen LogP contribution in [-0.2, 0) is 10.0 Å². The van der Waals surface area contributed by atoms with Crippen molar-refractivity contribution in [2.24, 2.45) is 27.5 Å². The van der Waals surface area contributed by atoms with Crippen LogP contribution in [0.5, 0.6) is 0 Å². The molecule has 22 heavy (non-hydrogen) atoms. The Morgan fingerprint density at radius 2 is 2.23 bits per heavy atom. The summed E-state index contributed by atoms with van der Waals surface area (Å²) in [5, 5.41) is 9.24. The molecular formula is C15H20N4O2S. The number of anilines is 1. The minimum Gasteiger partial charge on any atom is -0.261 e. The number of hydrogen-bond acceptors (Lipinski definition) is 5. The number of nitrogens with two attached hydrogens (primary N) is 1. The number of primary sulfonamides is 1. The zero-order valence-corrected chi connectivity index (χ0v) is 13.5. The first-order valence-electron chi connectivity index (χ1n) is 7.26.